The lowest BCUT2D eigenvalue weighted by molar-refractivity contribution is 0.0782. The number of amides is 1. The minimum Gasteiger partial charge on any atom is -0.337 e. The summed E-state index contributed by atoms with van der Waals surface area (Å²) in [5, 5.41) is 1.99. The van der Waals surface area contributed by atoms with Crippen LogP contribution in [-0.4, -0.2) is 23.6 Å². The molecule has 0 fully saturated rings. The number of rotatable bonds is 5. The fourth-order valence-electron chi connectivity index (χ4n) is 2.53. The molecule has 3 rings (SSSR count). The number of carbonyl (C=O) groups excluding carboxylic acids is 2. The molecule has 2 aromatic carbocycles. The smallest absolute Gasteiger partial charge is 0.254 e. The topological polar surface area (TPSA) is 37.4 Å². The Morgan fingerprint density at radius 1 is 0.875 bits per heavy atom. The summed E-state index contributed by atoms with van der Waals surface area (Å²) in [4.78, 5) is 28.3. The second-order valence-corrected chi connectivity index (χ2v) is 6.51. The molecular weight excluding hydrogens is 318 g/mol. The minimum atomic E-state index is -0.150. The van der Waals surface area contributed by atoms with Crippen LogP contribution in [0.1, 0.15) is 31.2 Å². The lowest BCUT2D eigenvalue weighted by Crippen LogP contribution is -2.27. The summed E-state index contributed by atoms with van der Waals surface area (Å²) in [6.07, 6.45) is 0. The molecule has 3 nitrogen and oxygen atoms in total. The summed E-state index contributed by atoms with van der Waals surface area (Å²) in [5.74, 6) is -0.285. The molecule has 0 aliphatic heterocycles. The van der Waals surface area contributed by atoms with Gasteiger partial charge in [-0.3, -0.25) is 9.59 Å². The van der Waals surface area contributed by atoms with E-state index in [2.05, 4.69) is 0 Å². The van der Waals surface area contributed by atoms with Gasteiger partial charge in [-0.2, -0.15) is 0 Å². The number of nitrogens with zero attached hydrogens (tertiary/aromatic N) is 1. The van der Waals surface area contributed by atoms with Crippen molar-refractivity contribution in [2.24, 2.45) is 0 Å². The van der Waals surface area contributed by atoms with Crippen LogP contribution in [0.2, 0.25) is 0 Å². The lowest BCUT2D eigenvalue weighted by Gasteiger charge is -2.18. The molecule has 0 spiro atoms. The van der Waals surface area contributed by atoms with E-state index >= 15 is 0 Å². The highest BCUT2D eigenvalue weighted by molar-refractivity contribution is 7.09. The number of thiophene rings is 1. The third kappa shape index (κ3) is 3.44. The Kier molecular flexibility index (Phi) is 4.87. The summed E-state index contributed by atoms with van der Waals surface area (Å²) in [6.45, 7) is 0.532. The van der Waals surface area contributed by atoms with Crippen molar-refractivity contribution in [1.29, 1.82) is 0 Å². The maximum Gasteiger partial charge on any atom is 0.254 e. The normalized spacial score (nSPS) is 10.4. The molecule has 1 heterocycles. The number of hydrogen-bond acceptors (Lipinski definition) is 3. The van der Waals surface area contributed by atoms with E-state index in [1.165, 1.54) is 0 Å². The fourth-order valence-corrected chi connectivity index (χ4v) is 3.28. The number of carbonyl (C=O) groups is 2. The average Bonchev–Trinajstić information content (AvgIpc) is 3.14. The molecule has 3 aromatic rings. The number of ketones is 1. The molecule has 1 amide bonds. The van der Waals surface area contributed by atoms with Crippen molar-refractivity contribution in [3.63, 3.8) is 0 Å². The van der Waals surface area contributed by atoms with Gasteiger partial charge >= 0.3 is 0 Å². The first-order valence-electron chi connectivity index (χ1n) is 7.63. The fraction of sp³-hybridized carbons (Fsp3) is 0.100. The third-order valence-corrected chi connectivity index (χ3v) is 4.62. The van der Waals surface area contributed by atoms with Gasteiger partial charge in [0.15, 0.2) is 5.78 Å². The predicted molar refractivity (Wildman–Crippen MR) is 96.4 cm³/mol. The quantitative estimate of drug-likeness (QED) is 0.654. The Morgan fingerprint density at radius 3 is 2.21 bits per heavy atom. The van der Waals surface area contributed by atoms with Gasteiger partial charge in [0.05, 0.1) is 12.1 Å². The van der Waals surface area contributed by atoms with E-state index in [4.69, 9.17) is 0 Å². The summed E-state index contributed by atoms with van der Waals surface area (Å²) in [5.41, 5.74) is 1.45. The monoisotopic (exact) mass is 335 g/mol. The van der Waals surface area contributed by atoms with Gasteiger partial charge < -0.3 is 4.90 Å². The third-order valence-electron chi connectivity index (χ3n) is 3.76. The summed E-state index contributed by atoms with van der Waals surface area (Å²) >= 11 is 1.61. The molecule has 0 aliphatic rings. The van der Waals surface area contributed by atoms with Gasteiger partial charge in [0, 0.05) is 23.1 Å². The van der Waals surface area contributed by atoms with Crippen molar-refractivity contribution >= 4 is 23.0 Å². The summed E-state index contributed by atoms with van der Waals surface area (Å²) in [7, 11) is 1.76. The molecule has 1 aromatic heterocycles. The van der Waals surface area contributed by atoms with E-state index in [0.717, 1.165) is 4.88 Å². The molecule has 0 saturated heterocycles. The lowest BCUT2D eigenvalue weighted by atomic mass is 9.97. The van der Waals surface area contributed by atoms with Gasteiger partial charge in [-0.15, -0.1) is 11.3 Å². The standard InChI is InChI=1S/C20H17NO2S/c1-21(14-16-10-7-13-24-16)20(23)18-12-6-5-11-17(18)19(22)15-8-3-2-4-9-15/h2-13H,14H2,1H3. The minimum absolute atomic E-state index is 0.135. The van der Waals surface area contributed by atoms with E-state index in [1.54, 1.807) is 59.7 Å². The second-order valence-electron chi connectivity index (χ2n) is 5.48. The number of hydrogen-bond donors (Lipinski definition) is 0. The van der Waals surface area contributed by atoms with Crippen LogP contribution in [0.15, 0.2) is 72.1 Å². The van der Waals surface area contributed by atoms with Crippen LogP contribution in [-0.2, 0) is 6.54 Å². The Hall–Kier alpha value is -2.72. The Balaban J connectivity index is 1.88. The highest BCUT2D eigenvalue weighted by atomic mass is 32.1. The van der Waals surface area contributed by atoms with Gasteiger partial charge in [-0.05, 0) is 17.5 Å². The highest BCUT2D eigenvalue weighted by Crippen LogP contribution is 2.18. The molecule has 0 unspecified atom stereocenters. The SMILES string of the molecule is CN(Cc1cccs1)C(=O)c1ccccc1C(=O)c1ccccc1. The molecule has 0 aliphatic carbocycles. The summed E-state index contributed by atoms with van der Waals surface area (Å²) in [6, 6.07) is 20.0. The van der Waals surface area contributed by atoms with Crippen molar-refractivity contribution in [3.8, 4) is 0 Å². The van der Waals surface area contributed by atoms with E-state index in [0.29, 0.717) is 23.2 Å². The Bertz CT molecular complexity index is 841. The van der Waals surface area contributed by atoms with Crippen LogP contribution < -0.4 is 0 Å². The molecule has 0 atom stereocenters. The first-order chi connectivity index (χ1) is 11.7. The van der Waals surface area contributed by atoms with E-state index in [9.17, 15) is 9.59 Å². The van der Waals surface area contributed by atoms with Crippen LogP contribution in [0.25, 0.3) is 0 Å². The maximum atomic E-state index is 12.8. The van der Waals surface area contributed by atoms with Gasteiger partial charge in [0.25, 0.3) is 5.91 Å². The van der Waals surface area contributed by atoms with Crippen LogP contribution in [0.5, 0.6) is 0 Å². The molecule has 0 bridgehead atoms. The summed E-state index contributed by atoms with van der Waals surface area (Å²) < 4.78 is 0. The molecule has 0 saturated carbocycles. The molecule has 0 radical (unpaired) electrons. The molecule has 120 valence electrons. The van der Waals surface area contributed by atoms with Crippen molar-refractivity contribution in [1.82, 2.24) is 4.90 Å². The van der Waals surface area contributed by atoms with Crippen molar-refractivity contribution < 1.29 is 9.59 Å². The van der Waals surface area contributed by atoms with E-state index in [-0.39, 0.29) is 11.7 Å². The van der Waals surface area contributed by atoms with Crippen molar-refractivity contribution in [2.45, 2.75) is 6.54 Å². The molecule has 24 heavy (non-hydrogen) atoms. The van der Waals surface area contributed by atoms with Gasteiger partial charge in [-0.25, -0.2) is 0 Å². The van der Waals surface area contributed by atoms with Gasteiger partial charge in [0.1, 0.15) is 0 Å². The Morgan fingerprint density at radius 2 is 1.54 bits per heavy atom. The van der Waals surface area contributed by atoms with Crippen molar-refractivity contribution in [2.75, 3.05) is 7.05 Å². The molecule has 4 heteroatoms. The second kappa shape index (κ2) is 7.23. The van der Waals surface area contributed by atoms with Crippen LogP contribution in [0.4, 0.5) is 0 Å². The largest absolute Gasteiger partial charge is 0.337 e. The Labute approximate surface area is 145 Å². The van der Waals surface area contributed by atoms with Crippen molar-refractivity contribution in [3.05, 3.63) is 93.7 Å². The maximum absolute atomic E-state index is 12.8. The van der Waals surface area contributed by atoms with Crippen LogP contribution >= 0.6 is 11.3 Å². The van der Waals surface area contributed by atoms with Crippen LogP contribution in [0, 0.1) is 0 Å². The zero-order chi connectivity index (χ0) is 16.9. The van der Waals surface area contributed by atoms with Gasteiger partial charge in [-0.1, -0.05) is 54.6 Å². The number of benzene rings is 2. The predicted octanol–water partition coefficient (Wildman–Crippen LogP) is 4.25. The molecular formula is C20H17NO2S. The van der Waals surface area contributed by atoms with E-state index in [1.807, 2.05) is 35.7 Å². The zero-order valence-corrected chi connectivity index (χ0v) is 14.1. The average molecular weight is 335 g/mol. The van der Waals surface area contributed by atoms with Crippen LogP contribution in [0.3, 0.4) is 0 Å². The van der Waals surface area contributed by atoms with Gasteiger partial charge in [0.2, 0.25) is 0 Å². The molecule has 0 N–H and O–H groups in total. The highest BCUT2D eigenvalue weighted by Gasteiger charge is 2.20. The first-order valence-corrected chi connectivity index (χ1v) is 8.51. The van der Waals surface area contributed by atoms with E-state index < -0.39 is 0 Å². The first kappa shape index (κ1) is 16.1. The zero-order valence-electron chi connectivity index (χ0n) is 13.3.